The van der Waals surface area contributed by atoms with Crippen LogP contribution in [-0.2, 0) is 13.6 Å². The number of hydrogen-bond donors (Lipinski definition) is 3. The van der Waals surface area contributed by atoms with Crippen LogP contribution in [0, 0.1) is 0 Å². The van der Waals surface area contributed by atoms with Gasteiger partial charge in [0.2, 0.25) is 0 Å². The highest BCUT2D eigenvalue weighted by atomic mass is 16.3. The quantitative estimate of drug-likeness (QED) is 0.516. The van der Waals surface area contributed by atoms with Crippen molar-refractivity contribution in [3.05, 3.63) is 12.0 Å². The van der Waals surface area contributed by atoms with Gasteiger partial charge < -0.3 is 10.5 Å². The van der Waals surface area contributed by atoms with Crippen LogP contribution in [0.5, 0.6) is 0 Å². The van der Waals surface area contributed by atoms with Crippen LogP contribution < -0.4 is 11.3 Å². The van der Waals surface area contributed by atoms with Crippen molar-refractivity contribution in [2.24, 2.45) is 12.9 Å². The smallest absolute Gasteiger partial charge is 0.163 e. The summed E-state index contributed by atoms with van der Waals surface area (Å²) in [5, 5.41) is 14.8. The molecule has 0 unspecified atom stereocenters. The summed E-state index contributed by atoms with van der Waals surface area (Å²) in [6, 6.07) is 0. The number of aryl methyl sites for hydroxylation is 1. The standard InChI is InChI=1S/C12H21N7O/c1-12(2,20)7-18(3)6-9-15-10(17-13)8-5-14-19(4)11(8)16-9/h5,20H,6-7,13H2,1-4H3,(H,15,16,17). The Bertz CT molecular complexity index is 602. The van der Waals surface area contributed by atoms with E-state index in [4.69, 9.17) is 5.84 Å². The fourth-order valence-corrected chi connectivity index (χ4v) is 2.21. The van der Waals surface area contributed by atoms with E-state index in [1.54, 1.807) is 24.7 Å². The maximum Gasteiger partial charge on any atom is 0.163 e. The average Bonchev–Trinajstić information content (AvgIpc) is 2.68. The Morgan fingerprint density at radius 2 is 2.15 bits per heavy atom. The van der Waals surface area contributed by atoms with Gasteiger partial charge >= 0.3 is 0 Å². The topological polar surface area (TPSA) is 105 Å². The second-order valence-electron chi connectivity index (χ2n) is 5.62. The molecule has 0 spiro atoms. The van der Waals surface area contributed by atoms with Crippen LogP contribution in [0.3, 0.4) is 0 Å². The van der Waals surface area contributed by atoms with Gasteiger partial charge in [-0.05, 0) is 20.9 Å². The monoisotopic (exact) mass is 279 g/mol. The van der Waals surface area contributed by atoms with Crippen molar-refractivity contribution in [2.75, 3.05) is 19.0 Å². The lowest BCUT2D eigenvalue weighted by molar-refractivity contribution is 0.0418. The lowest BCUT2D eigenvalue weighted by Crippen LogP contribution is -2.36. The number of hydrogen-bond acceptors (Lipinski definition) is 7. The van der Waals surface area contributed by atoms with Crippen LogP contribution in [-0.4, -0.2) is 48.9 Å². The van der Waals surface area contributed by atoms with Crippen LogP contribution in [0.1, 0.15) is 19.7 Å². The van der Waals surface area contributed by atoms with Gasteiger partial charge in [0.1, 0.15) is 5.82 Å². The van der Waals surface area contributed by atoms with Gasteiger partial charge in [0.05, 0.1) is 23.7 Å². The van der Waals surface area contributed by atoms with Crippen molar-refractivity contribution in [1.82, 2.24) is 24.6 Å². The largest absolute Gasteiger partial charge is 0.389 e. The maximum absolute atomic E-state index is 9.82. The summed E-state index contributed by atoms with van der Waals surface area (Å²) in [6.45, 7) is 4.56. The average molecular weight is 279 g/mol. The number of fused-ring (bicyclic) bond motifs is 1. The molecule has 0 bridgehead atoms. The Morgan fingerprint density at radius 1 is 1.45 bits per heavy atom. The summed E-state index contributed by atoms with van der Waals surface area (Å²) in [7, 11) is 3.73. The fourth-order valence-electron chi connectivity index (χ4n) is 2.21. The van der Waals surface area contributed by atoms with Gasteiger partial charge in [-0.15, -0.1) is 0 Å². The minimum absolute atomic E-state index is 0.514. The summed E-state index contributed by atoms with van der Waals surface area (Å²) in [6.07, 6.45) is 1.68. The highest BCUT2D eigenvalue weighted by Crippen LogP contribution is 2.19. The van der Waals surface area contributed by atoms with Gasteiger partial charge in [-0.1, -0.05) is 0 Å². The highest BCUT2D eigenvalue weighted by molar-refractivity contribution is 5.86. The van der Waals surface area contributed by atoms with Gasteiger partial charge in [-0.2, -0.15) is 5.10 Å². The molecule has 0 aliphatic carbocycles. The molecule has 0 aliphatic heterocycles. The Morgan fingerprint density at radius 3 is 2.75 bits per heavy atom. The van der Waals surface area contributed by atoms with Crippen molar-refractivity contribution < 1.29 is 5.11 Å². The number of likely N-dealkylation sites (N-methyl/N-ethyl adjacent to an activating group) is 1. The van der Waals surface area contributed by atoms with Gasteiger partial charge in [0.15, 0.2) is 11.5 Å². The van der Waals surface area contributed by atoms with Crippen molar-refractivity contribution in [2.45, 2.75) is 26.0 Å². The third-order valence-corrected chi connectivity index (χ3v) is 2.84. The molecule has 0 aliphatic rings. The Labute approximate surface area is 117 Å². The molecule has 0 fully saturated rings. The molecule has 0 amide bonds. The minimum Gasteiger partial charge on any atom is -0.389 e. The lowest BCUT2D eigenvalue weighted by atomic mass is 10.1. The van der Waals surface area contributed by atoms with E-state index in [9.17, 15) is 5.11 Å². The SMILES string of the molecule is CN(Cc1nc(NN)c2cnn(C)c2n1)CC(C)(C)O. The molecule has 2 aromatic rings. The predicted octanol–water partition coefficient (Wildman–Crippen LogP) is -0.148. The van der Waals surface area contributed by atoms with Crippen LogP contribution in [0.25, 0.3) is 11.0 Å². The molecule has 4 N–H and O–H groups in total. The van der Waals surface area contributed by atoms with Crippen LogP contribution in [0.4, 0.5) is 5.82 Å². The van der Waals surface area contributed by atoms with E-state index < -0.39 is 5.60 Å². The molecular formula is C12H21N7O. The maximum atomic E-state index is 9.82. The second-order valence-corrected chi connectivity index (χ2v) is 5.62. The number of nitrogens with one attached hydrogen (secondary N) is 1. The predicted molar refractivity (Wildman–Crippen MR) is 76.7 cm³/mol. The highest BCUT2D eigenvalue weighted by Gasteiger charge is 2.17. The number of nitrogens with two attached hydrogens (primary N) is 1. The van der Waals surface area contributed by atoms with Gasteiger partial charge in [-0.3, -0.25) is 9.58 Å². The third kappa shape index (κ3) is 3.21. The van der Waals surface area contributed by atoms with E-state index in [0.29, 0.717) is 24.7 Å². The molecule has 110 valence electrons. The third-order valence-electron chi connectivity index (χ3n) is 2.84. The van der Waals surface area contributed by atoms with E-state index in [0.717, 1.165) is 11.0 Å². The zero-order chi connectivity index (χ0) is 14.9. The molecule has 2 heterocycles. The van der Waals surface area contributed by atoms with Crippen LogP contribution >= 0.6 is 0 Å². The minimum atomic E-state index is -0.764. The second kappa shape index (κ2) is 5.31. The van der Waals surface area contributed by atoms with Crippen molar-refractivity contribution in [1.29, 1.82) is 0 Å². The molecular weight excluding hydrogens is 258 g/mol. The zero-order valence-electron chi connectivity index (χ0n) is 12.3. The summed E-state index contributed by atoms with van der Waals surface area (Å²) >= 11 is 0. The molecule has 0 saturated carbocycles. The van der Waals surface area contributed by atoms with E-state index in [2.05, 4.69) is 20.5 Å². The van der Waals surface area contributed by atoms with Crippen molar-refractivity contribution in [3.63, 3.8) is 0 Å². The van der Waals surface area contributed by atoms with Crippen molar-refractivity contribution >= 4 is 16.9 Å². The summed E-state index contributed by atoms with van der Waals surface area (Å²) in [5.41, 5.74) is 2.53. The molecule has 2 rings (SSSR count). The molecule has 2 aromatic heterocycles. The van der Waals surface area contributed by atoms with E-state index in [1.165, 1.54) is 0 Å². The van der Waals surface area contributed by atoms with Gasteiger partial charge in [0, 0.05) is 13.6 Å². The first kappa shape index (κ1) is 14.6. The number of aliphatic hydroxyl groups is 1. The summed E-state index contributed by atoms with van der Waals surface area (Å²) in [5.74, 6) is 6.67. The Kier molecular flexibility index (Phi) is 3.89. The molecule has 8 nitrogen and oxygen atoms in total. The van der Waals surface area contributed by atoms with Gasteiger partial charge in [-0.25, -0.2) is 15.8 Å². The van der Waals surface area contributed by atoms with E-state index in [1.807, 2.05) is 19.0 Å². The lowest BCUT2D eigenvalue weighted by Gasteiger charge is -2.24. The molecule has 8 heteroatoms. The first-order valence-corrected chi connectivity index (χ1v) is 6.36. The molecule has 20 heavy (non-hydrogen) atoms. The van der Waals surface area contributed by atoms with Crippen LogP contribution in [0.2, 0.25) is 0 Å². The number of anilines is 1. The molecule has 0 atom stereocenters. The number of nitrogen functional groups attached to an aromatic ring is 1. The van der Waals surface area contributed by atoms with Gasteiger partial charge in [0.25, 0.3) is 0 Å². The number of aromatic nitrogens is 4. The first-order valence-electron chi connectivity index (χ1n) is 6.36. The zero-order valence-corrected chi connectivity index (χ0v) is 12.3. The van der Waals surface area contributed by atoms with Crippen molar-refractivity contribution in [3.8, 4) is 0 Å². The van der Waals surface area contributed by atoms with E-state index in [-0.39, 0.29) is 0 Å². The first-order chi connectivity index (χ1) is 9.30. The van der Waals surface area contributed by atoms with E-state index >= 15 is 0 Å². The normalized spacial score (nSPS) is 12.3. The number of hydrazine groups is 1. The molecule has 0 aromatic carbocycles. The summed E-state index contributed by atoms with van der Waals surface area (Å²) in [4.78, 5) is 10.8. The number of nitrogens with zero attached hydrogens (tertiary/aromatic N) is 5. The van der Waals surface area contributed by atoms with Crippen LogP contribution in [0.15, 0.2) is 6.20 Å². The molecule has 0 saturated heterocycles. The summed E-state index contributed by atoms with van der Waals surface area (Å²) < 4.78 is 1.68. The number of rotatable bonds is 5. The Hall–Kier alpha value is -1.77. The fraction of sp³-hybridized carbons (Fsp3) is 0.583. The Balaban J connectivity index is 2.28. The molecule has 0 radical (unpaired) electrons.